The average molecular weight is 295 g/mol. The Bertz CT molecular complexity index is 307. The first-order valence-electron chi connectivity index (χ1n) is 9.36. The van der Waals surface area contributed by atoms with Crippen molar-refractivity contribution >= 4 is 0 Å². The van der Waals surface area contributed by atoms with Gasteiger partial charge in [0.2, 0.25) is 0 Å². The van der Waals surface area contributed by atoms with Crippen molar-refractivity contribution in [1.82, 2.24) is 10.2 Å². The Kier molecular flexibility index (Phi) is 6.14. The van der Waals surface area contributed by atoms with Gasteiger partial charge in [-0.05, 0) is 42.9 Å². The standard InChI is InChI=1S/C19H38N2/c1-6-7-8-16-11-17(20-14-19(3,4)5)13-21(12-16)18-10-9-15(18)2/h15-18,20H,6-14H2,1-5H3. The Morgan fingerprint density at radius 2 is 1.90 bits per heavy atom. The Hall–Kier alpha value is -0.0800. The number of nitrogens with zero attached hydrogens (tertiary/aromatic N) is 1. The van der Waals surface area contributed by atoms with Crippen molar-refractivity contribution < 1.29 is 0 Å². The lowest BCUT2D eigenvalue weighted by molar-refractivity contribution is 0.0195. The van der Waals surface area contributed by atoms with E-state index in [4.69, 9.17) is 0 Å². The SMILES string of the molecule is CCCCC1CC(NCC(C)(C)C)CN(C2CCC2C)C1. The normalized spacial score (nSPS) is 34.7. The van der Waals surface area contributed by atoms with Crippen LogP contribution in [-0.4, -0.2) is 36.6 Å². The molecule has 124 valence electrons. The van der Waals surface area contributed by atoms with Gasteiger partial charge in [0.15, 0.2) is 0 Å². The zero-order chi connectivity index (χ0) is 15.5. The third-order valence-corrected chi connectivity index (χ3v) is 5.50. The molecule has 4 unspecified atom stereocenters. The highest BCUT2D eigenvalue weighted by atomic mass is 15.2. The molecule has 2 rings (SSSR count). The molecule has 1 saturated heterocycles. The van der Waals surface area contributed by atoms with Crippen molar-refractivity contribution in [2.45, 2.75) is 85.2 Å². The molecule has 1 aliphatic heterocycles. The summed E-state index contributed by atoms with van der Waals surface area (Å²) in [5.41, 5.74) is 0.394. The first-order valence-corrected chi connectivity index (χ1v) is 9.36. The lowest BCUT2D eigenvalue weighted by atomic mass is 9.77. The van der Waals surface area contributed by atoms with Crippen LogP contribution in [0.1, 0.15) is 73.1 Å². The Labute approximate surface area is 133 Å². The van der Waals surface area contributed by atoms with Gasteiger partial charge >= 0.3 is 0 Å². The van der Waals surface area contributed by atoms with Crippen molar-refractivity contribution in [2.75, 3.05) is 19.6 Å². The Balaban J connectivity index is 1.89. The van der Waals surface area contributed by atoms with Crippen molar-refractivity contribution in [3.05, 3.63) is 0 Å². The van der Waals surface area contributed by atoms with Crippen LogP contribution < -0.4 is 5.32 Å². The minimum Gasteiger partial charge on any atom is -0.312 e. The summed E-state index contributed by atoms with van der Waals surface area (Å²) in [7, 11) is 0. The van der Waals surface area contributed by atoms with Gasteiger partial charge in [0, 0.05) is 31.7 Å². The van der Waals surface area contributed by atoms with Crippen LogP contribution in [0.2, 0.25) is 0 Å². The van der Waals surface area contributed by atoms with Gasteiger partial charge in [-0.25, -0.2) is 0 Å². The van der Waals surface area contributed by atoms with Crippen molar-refractivity contribution in [1.29, 1.82) is 0 Å². The van der Waals surface area contributed by atoms with Crippen LogP contribution in [0.4, 0.5) is 0 Å². The highest BCUT2D eigenvalue weighted by Gasteiger charge is 2.37. The molecule has 0 aromatic rings. The molecule has 0 amide bonds. The molecule has 2 nitrogen and oxygen atoms in total. The van der Waals surface area contributed by atoms with E-state index in [2.05, 4.69) is 44.8 Å². The molecule has 1 heterocycles. The van der Waals surface area contributed by atoms with E-state index in [1.165, 1.54) is 51.6 Å². The highest BCUT2D eigenvalue weighted by Crippen LogP contribution is 2.35. The summed E-state index contributed by atoms with van der Waals surface area (Å²) in [6.07, 6.45) is 8.46. The summed E-state index contributed by atoms with van der Waals surface area (Å²) in [6.45, 7) is 15.6. The number of rotatable bonds is 6. The number of hydrogen-bond acceptors (Lipinski definition) is 2. The maximum atomic E-state index is 3.87. The molecular formula is C19H38N2. The minimum absolute atomic E-state index is 0.394. The summed E-state index contributed by atoms with van der Waals surface area (Å²) in [6, 6.07) is 1.60. The topological polar surface area (TPSA) is 15.3 Å². The van der Waals surface area contributed by atoms with E-state index in [1.807, 2.05) is 0 Å². The summed E-state index contributed by atoms with van der Waals surface area (Å²) in [4.78, 5) is 2.83. The quantitative estimate of drug-likeness (QED) is 0.785. The molecule has 0 aromatic carbocycles. The monoisotopic (exact) mass is 294 g/mol. The number of unbranched alkanes of at least 4 members (excludes halogenated alkanes) is 1. The van der Waals surface area contributed by atoms with Crippen LogP contribution in [0.5, 0.6) is 0 Å². The predicted octanol–water partition coefficient (Wildman–Crippen LogP) is 4.30. The number of piperidine rings is 1. The van der Waals surface area contributed by atoms with Crippen molar-refractivity contribution in [3.8, 4) is 0 Å². The second-order valence-corrected chi connectivity index (χ2v) is 8.96. The first-order chi connectivity index (χ1) is 9.89. The minimum atomic E-state index is 0.394. The van der Waals surface area contributed by atoms with Crippen LogP contribution >= 0.6 is 0 Å². The van der Waals surface area contributed by atoms with Gasteiger partial charge in [0.25, 0.3) is 0 Å². The third-order valence-electron chi connectivity index (χ3n) is 5.50. The third kappa shape index (κ3) is 5.25. The van der Waals surface area contributed by atoms with Crippen LogP contribution in [0.25, 0.3) is 0 Å². The van der Waals surface area contributed by atoms with Gasteiger partial charge in [-0.1, -0.05) is 47.5 Å². The molecule has 0 spiro atoms. The number of hydrogen-bond donors (Lipinski definition) is 1. The van der Waals surface area contributed by atoms with Gasteiger partial charge in [0.05, 0.1) is 0 Å². The van der Waals surface area contributed by atoms with Gasteiger partial charge < -0.3 is 5.32 Å². The highest BCUT2D eigenvalue weighted by molar-refractivity contribution is 4.93. The second kappa shape index (κ2) is 7.46. The van der Waals surface area contributed by atoms with Crippen LogP contribution in [0.3, 0.4) is 0 Å². The predicted molar refractivity (Wildman–Crippen MR) is 92.6 cm³/mol. The van der Waals surface area contributed by atoms with E-state index in [-0.39, 0.29) is 0 Å². The molecule has 0 aromatic heterocycles. The largest absolute Gasteiger partial charge is 0.312 e. The van der Waals surface area contributed by atoms with Crippen LogP contribution in [0.15, 0.2) is 0 Å². The van der Waals surface area contributed by atoms with Gasteiger partial charge in [-0.3, -0.25) is 4.90 Å². The fraction of sp³-hybridized carbons (Fsp3) is 1.00. The van der Waals surface area contributed by atoms with Gasteiger partial charge in [0.1, 0.15) is 0 Å². The maximum Gasteiger partial charge on any atom is 0.0198 e. The van der Waals surface area contributed by atoms with E-state index in [0.717, 1.165) is 24.4 Å². The van der Waals surface area contributed by atoms with E-state index in [9.17, 15) is 0 Å². The smallest absolute Gasteiger partial charge is 0.0198 e. The Morgan fingerprint density at radius 3 is 2.43 bits per heavy atom. The molecule has 0 bridgehead atoms. The Morgan fingerprint density at radius 1 is 1.14 bits per heavy atom. The summed E-state index contributed by atoms with van der Waals surface area (Å²) in [5, 5.41) is 3.87. The molecule has 2 aliphatic rings. The lowest BCUT2D eigenvalue weighted by Crippen LogP contribution is -2.57. The zero-order valence-corrected chi connectivity index (χ0v) is 15.1. The molecule has 1 N–H and O–H groups in total. The fourth-order valence-electron chi connectivity index (χ4n) is 4.00. The van der Waals surface area contributed by atoms with E-state index in [1.54, 1.807) is 0 Å². The number of likely N-dealkylation sites (tertiary alicyclic amines) is 1. The molecule has 1 aliphatic carbocycles. The lowest BCUT2D eigenvalue weighted by Gasteiger charge is -2.49. The molecule has 0 radical (unpaired) electrons. The van der Waals surface area contributed by atoms with Crippen LogP contribution in [-0.2, 0) is 0 Å². The fourth-order valence-corrected chi connectivity index (χ4v) is 4.00. The van der Waals surface area contributed by atoms with Crippen molar-refractivity contribution in [3.63, 3.8) is 0 Å². The molecular weight excluding hydrogens is 256 g/mol. The van der Waals surface area contributed by atoms with Gasteiger partial charge in [-0.15, -0.1) is 0 Å². The average Bonchev–Trinajstić information content (AvgIpc) is 2.40. The van der Waals surface area contributed by atoms with E-state index >= 15 is 0 Å². The number of nitrogens with one attached hydrogen (secondary N) is 1. The molecule has 2 heteroatoms. The van der Waals surface area contributed by atoms with Crippen molar-refractivity contribution in [2.24, 2.45) is 17.3 Å². The second-order valence-electron chi connectivity index (χ2n) is 8.96. The summed E-state index contributed by atoms with van der Waals surface area (Å²) in [5.74, 6) is 1.85. The molecule has 21 heavy (non-hydrogen) atoms. The summed E-state index contributed by atoms with van der Waals surface area (Å²) >= 11 is 0. The van der Waals surface area contributed by atoms with E-state index < -0.39 is 0 Å². The first kappa shape index (κ1) is 17.3. The summed E-state index contributed by atoms with van der Waals surface area (Å²) < 4.78 is 0. The zero-order valence-electron chi connectivity index (χ0n) is 15.1. The molecule has 1 saturated carbocycles. The van der Waals surface area contributed by atoms with Crippen LogP contribution in [0, 0.1) is 17.3 Å². The molecule has 2 fully saturated rings. The van der Waals surface area contributed by atoms with E-state index in [0.29, 0.717) is 11.5 Å². The maximum absolute atomic E-state index is 3.87. The molecule has 4 atom stereocenters. The van der Waals surface area contributed by atoms with Gasteiger partial charge in [-0.2, -0.15) is 0 Å².